The van der Waals surface area contributed by atoms with E-state index < -0.39 is 4.92 Å². The summed E-state index contributed by atoms with van der Waals surface area (Å²) in [4.78, 5) is 43.4. The van der Waals surface area contributed by atoms with Crippen LogP contribution in [-0.4, -0.2) is 26.1 Å². The zero-order valence-corrected chi connectivity index (χ0v) is 19.8. The fourth-order valence-electron chi connectivity index (χ4n) is 4.15. The number of hydrogen-bond acceptors (Lipinski definition) is 7. The minimum absolute atomic E-state index is 0.000501. The van der Waals surface area contributed by atoms with E-state index in [1.54, 1.807) is 23.6 Å². The number of benzene rings is 1. The van der Waals surface area contributed by atoms with Gasteiger partial charge in [0.25, 0.3) is 11.2 Å². The van der Waals surface area contributed by atoms with Crippen LogP contribution >= 0.6 is 23.1 Å². The van der Waals surface area contributed by atoms with Crippen molar-refractivity contribution in [2.45, 2.75) is 57.7 Å². The van der Waals surface area contributed by atoms with E-state index in [0.29, 0.717) is 20.9 Å². The number of anilines is 1. The van der Waals surface area contributed by atoms with Crippen LogP contribution in [0.15, 0.2) is 28.2 Å². The zero-order valence-electron chi connectivity index (χ0n) is 18.1. The second kappa shape index (κ2) is 9.03. The molecule has 0 aliphatic heterocycles. The second-order valence-electron chi connectivity index (χ2n) is 8.03. The lowest BCUT2D eigenvalue weighted by atomic mass is 10.1. The first-order valence-electron chi connectivity index (χ1n) is 10.5. The maximum Gasteiger partial charge on any atom is 0.293 e. The van der Waals surface area contributed by atoms with Crippen LogP contribution in [-0.2, 0) is 4.79 Å². The number of nitrogens with one attached hydrogen (secondary N) is 1. The summed E-state index contributed by atoms with van der Waals surface area (Å²) in [5.74, 6) is -0.377. The summed E-state index contributed by atoms with van der Waals surface area (Å²) < 4.78 is 1.77. The number of thiophene rings is 1. The zero-order chi connectivity index (χ0) is 23.0. The standard InChI is InChI=1S/C22H24N4O4S2/c1-12-7-6-10-16(26(29)30)19(12)23-17(27)11-31-22-24-20-18(13(2)14(3)32-20)21(28)25(22)15-8-4-5-9-15/h6-7,10,15H,4-5,8-9,11H2,1-3H3,(H,23,27). The summed E-state index contributed by atoms with van der Waals surface area (Å²) in [6, 6.07) is 4.75. The maximum absolute atomic E-state index is 13.4. The predicted molar refractivity (Wildman–Crippen MR) is 128 cm³/mol. The molecule has 0 unspecified atom stereocenters. The molecule has 3 aromatic rings. The minimum atomic E-state index is -0.509. The number of amides is 1. The molecule has 1 fully saturated rings. The van der Waals surface area contributed by atoms with Crippen molar-refractivity contribution in [3.63, 3.8) is 0 Å². The molecule has 10 heteroatoms. The molecule has 0 radical (unpaired) electrons. The Morgan fingerprint density at radius 2 is 2.03 bits per heavy atom. The highest BCUT2D eigenvalue weighted by molar-refractivity contribution is 7.99. The molecule has 1 amide bonds. The lowest BCUT2D eigenvalue weighted by Crippen LogP contribution is -2.27. The van der Waals surface area contributed by atoms with Gasteiger partial charge in [0.15, 0.2) is 5.16 Å². The Bertz CT molecular complexity index is 1280. The third-order valence-electron chi connectivity index (χ3n) is 5.94. The van der Waals surface area contributed by atoms with E-state index in [2.05, 4.69) is 5.32 Å². The van der Waals surface area contributed by atoms with Gasteiger partial charge in [-0.2, -0.15) is 0 Å². The smallest absolute Gasteiger partial charge is 0.293 e. The summed E-state index contributed by atoms with van der Waals surface area (Å²) in [6.45, 7) is 5.65. The Hall–Kier alpha value is -2.72. The number of aromatic nitrogens is 2. The number of nitro benzene ring substituents is 1. The van der Waals surface area contributed by atoms with Crippen LogP contribution < -0.4 is 10.9 Å². The van der Waals surface area contributed by atoms with Crippen molar-refractivity contribution in [1.82, 2.24) is 9.55 Å². The van der Waals surface area contributed by atoms with Gasteiger partial charge in [-0.3, -0.25) is 24.3 Å². The number of thioether (sulfide) groups is 1. The van der Waals surface area contributed by atoms with Crippen LogP contribution in [0.5, 0.6) is 0 Å². The van der Waals surface area contributed by atoms with Crippen LogP contribution in [0.25, 0.3) is 10.2 Å². The van der Waals surface area contributed by atoms with Crippen LogP contribution in [0.1, 0.15) is 47.7 Å². The van der Waals surface area contributed by atoms with Gasteiger partial charge in [-0.05, 0) is 44.7 Å². The Balaban J connectivity index is 1.63. The Labute approximate surface area is 193 Å². The summed E-state index contributed by atoms with van der Waals surface area (Å²) >= 11 is 2.69. The number of nitro groups is 1. The number of aryl methyl sites for hydroxylation is 3. The summed E-state index contributed by atoms with van der Waals surface area (Å²) in [5, 5.41) is 15.2. The molecule has 0 saturated heterocycles. The van der Waals surface area contributed by atoms with Gasteiger partial charge < -0.3 is 5.32 Å². The van der Waals surface area contributed by atoms with Gasteiger partial charge in [-0.1, -0.05) is 36.7 Å². The molecule has 8 nitrogen and oxygen atoms in total. The average Bonchev–Trinajstić information content (AvgIpc) is 3.36. The van der Waals surface area contributed by atoms with Crippen molar-refractivity contribution in [2.75, 3.05) is 11.1 Å². The first-order valence-corrected chi connectivity index (χ1v) is 12.3. The van der Waals surface area contributed by atoms with E-state index in [4.69, 9.17) is 4.98 Å². The molecule has 168 valence electrons. The molecule has 32 heavy (non-hydrogen) atoms. The number of carbonyl (C=O) groups is 1. The van der Waals surface area contributed by atoms with Crippen molar-refractivity contribution in [1.29, 1.82) is 0 Å². The molecular weight excluding hydrogens is 448 g/mol. The molecule has 1 aliphatic rings. The van der Waals surface area contributed by atoms with Gasteiger partial charge in [0.2, 0.25) is 5.91 Å². The first kappa shape index (κ1) is 22.5. The van der Waals surface area contributed by atoms with Gasteiger partial charge in [-0.15, -0.1) is 11.3 Å². The van der Waals surface area contributed by atoms with E-state index >= 15 is 0 Å². The molecule has 4 rings (SSSR count). The van der Waals surface area contributed by atoms with E-state index in [0.717, 1.165) is 36.1 Å². The molecule has 1 aliphatic carbocycles. The molecule has 1 aromatic carbocycles. The number of hydrogen-bond donors (Lipinski definition) is 1. The van der Waals surface area contributed by atoms with Gasteiger partial charge in [-0.25, -0.2) is 4.98 Å². The summed E-state index contributed by atoms with van der Waals surface area (Å²) in [6.07, 6.45) is 3.98. The van der Waals surface area contributed by atoms with E-state index in [9.17, 15) is 19.7 Å². The highest BCUT2D eigenvalue weighted by atomic mass is 32.2. The molecule has 1 saturated carbocycles. The Morgan fingerprint density at radius 3 is 2.72 bits per heavy atom. The fourth-order valence-corrected chi connectivity index (χ4v) is 6.08. The monoisotopic (exact) mass is 472 g/mol. The van der Waals surface area contributed by atoms with Gasteiger partial charge in [0.05, 0.1) is 16.1 Å². The minimum Gasteiger partial charge on any atom is -0.319 e. The van der Waals surface area contributed by atoms with Crippen LogP contribution in [0.4, 0.5) is 11.4 Å². The average molecular weight is 473 g/mol. The van der Waals surface area contributed by atoms with Crippen LogP contribution in [0.2, 0.25) is 0 Å². The lowest BCUT2D eigenvalue weighted by Gasteiger charge is -2.18. The maximum atomic E-state index is 13.4. The van der Waals surface area contributed by atoms with Crippen molar-refractivity contribution < 1.29 is 9.72 Å². The van der Waals surface area contributed by atoms with Gasteiger partial charge in [0, 0.05) is 17.0 Å². The van der Waals surface area contributed by atoms with Crippen LogP contribution in [0.3, 0.4) is 0 Å². The van der Waals surface area contributed by atoms with E-state index in [-0.39, 0.29) is 34.6 Å². The molecule has 0 spiro atoms. The molecule has 0 bridgehead atoms. The van der Waals surface area contributed by atoms with Gasteiger partial charge >= 0.3 is 0 Å². The SMILES string of the molecule is Cc1cccc([N+](=O)[O-])c1NC(=O)CSc1nc2sc(C)c(C)c2c(=O)n1C1CCCC1. The van der Waals surface area contributed by atoms with Gasteiger partial charge in [0.1, 0.15) is 10.5 Å². The topological polar surface area (TPSA) is 107 Å². The summed E-state index contributed by atoms with van der Waals surface area (Å²) in [7, 11) is 0. The largest absolute Gasteiger partial charge is 0.319 e. The number of rotatable bonds is 6. The van der Waals surface area contributed by atoms with E-state index in [1.165, 1.54) is 29.2 Å². The normalized spacial score (nSPS) is 14.2. The number of para-hydroxylation sites is 1. The third kappa shape index (κ3) is 4.16. The van der Waals surface area contributed by atoms with Crippen molar-refractivity contribution >= 4 is 50.6 Å². The molecule has 1 N–H and O–H groups in total. The lowest BCUT2D eigenvalue weighted by molar-refractivity contribution is -0.384. The number of carbonyl (C=O) groups excluding carboxylic acids is 1. The van der Waals surface area contributed by atoms with Crippen molar-refractivity contribution in [2.24, 2.45) is 0 Å². The molecule has 0 atom stereocenters. The quantitative estimate of drug-likeness (QED) is 0.230. The fraction of sp³-hybridized carbons (Fsp3) is 0.409. The predicted octanol–water partition coefficient (Wildman–Crippen LogP) is 5.14. The molecule has 2 heterocycles. The Morgan fingerprint density at radius 1 is 1.31 bits per heavy atom. The number of nitrogens with zero attached hydrogens (tertiary/aromatic N) is 3. The first-order chi connectivity index (χ1) is 15.3. The highest BCUT2D eigenvalue weighted by Gasteiger charge is 2.25. The van der Waals surface area contributed by atoms with Crippen LogP contribution in [0, 0.1) is 30.9 Å². The highest BCUT2D eigenvalue weighted by Crippen LogP contribution is 2.35. The van der Waals surface area contributed by atoms with E-state index in [1.807, 2.05) is 13.8 Å². The van der Waals surface area contributed by atoms with Crippen molar-refractivity contribution in [3.05, 3.63) is 54.7 Å². The van der Waals surface area contributed by atoms with Crippen molar-refractivity contribution in [3.8, 4) is 0 Å². The third-order valence-corrected chi connectivity index (χ3v) is 7.99. The number of fused-ring (bicyclic) bond motifs is 1. The second-order valence-corrected chi connectivity index (χ2v) is 10.2. The molecular formula is C22H24N4O4S2. The Kier molecular flexibility index (Phi) is 6.34. The molecule has 2 aromatic heterocycles. The summed E-state index contributed by atoms with van der Waals surface area (Å²) in [5.41, 5.74) is 1.60.